The van der Waals surface area contributed by atoms with E-state index in [-0.39, 0.29) is 0 Å². The lowest BCUT2D eigenvalue weighted by Crippen LogP contribution is -2.36. The van der Waals surface area contributed by atoms with Crippen LogP contribution >= 0.6 is 11.8 Å². The first-order valence-electron chi connectivity index (χ1n) is 7.30. The number of benzene rings is 1. The quantitative estimate of drug-likeness (QED) is 0.572. The smallest absolute Gasteiger partial charge is 0.326 e. The molecule has 0 bridgehead atoms. The van der Waals surface area contributed by atoms with Crippen molar-refractivity contribution >= 4 is 24.1 Å². The van der Waals surface area contributed by atoms with Gasteiger partial charge in [0, 0.05) is 5.75 Å². The maximum Gasteiger partial charge on any atom is 0.326 e. The summed E-state index contributed by atoms with van der Waals surface area (Å²) in [5.41, 5.74) is 2.91. The molecule has 1 amide bonds. The van der Waals surface area contributed by atoms with E-state index in [0.717, 1.165) is 11.5 Å². The number of carboxylic acid groups (broad SMARTS) is 1. The number of aryl methyl sites for hydroxylation is 1. The lowest BCUT2D eigenvalue weighted by atomic mass is 9.84. The minimum absolute atomic E-state index is 0.459. The summed E-state index contributed by atoms with van der Waals surface area (Å²) in [5.74, 6) is 1.37. The molecule has 0 heterocycles. The number of amides is 1. The zero-order chi connectivity index (χ0) is 15.1. The van der Waals surface area contributed by atoms with Crippen molar-refractivity contribution in [2.45, 2.75) is 37.6 Å². The SMILES string of the molecule is O=CNC(CCSCC1CCCc2ccccc21)C(=O)O. The Labute approximate surface area is 129 Å². The number of rotatable bonds is 8. The number of fused-ring (bicyclic) bond motifs is 1. The Morgan fingerprint density at radius 3 is 3.05 bits per heavy atom. The van der Waals surface area contributed by atoms with Crippen LogP contribution < -0.4 is 5.32 Å². The molecule has 2 unspecified atom stereocenters. The maximum atomic E-state index is 10.9. The maximum absolute atomic E-state index is 10.9. The van der Waals surface area contributed by atoms with Crippen molar-refractivity contribution in [3.05, 3.63) is 35.4 Å². The molecule has 0 saturated carbocycles. The van der Waals surface area contributed by atoms with Crippen molar-refractivity contribution in [3.63, 3.8) is 0 Å². The van der Waals surface area contributed by atoms with Crippen LogP contribution in [0.4, 0.5) is 0 Å². The molecule has 114 valence electrons. The van der Waals surface area contributed by atoms with Crippen molar-refractivity contribution < 1.29 is 14.7 Å². The van der Waals surface area contributed by atoms with Gasteiger partial charge in [0.25, 0.3) is 0 Å². The van der Waals surface area contributed by atoms with Crippen LogP contribution in [0.15, 0.2) is 24.3 Å². The predicted octanol–water partition coefficient (Wildman–Crippen LogP) is 2.43. The number of carboxylic acids is 1. The van der Waals surface area contributed by atoms with Crippen LogP contribution in [0.3, 0.4) is 0 Å². The van der Waals surface area contributed by atoms with Crippen molar-refractivity contribution in [1.82, 2.24) is 5.32 Å². The molecule has 0 aromatic heterocycles. The van der Waals surface area contributed by atoms with Crippen LogP contribution in [0, 0.1) is 0 Å². The van der Waals surface area contributed by atoms with Gasteiger partial charge >= 0.3 is 5.97 Å². The number of aliphatic carboxylic acids is 1. The van der Waals surface area contributed by atoms with Gasteiger partial charge in [-0.05, 0) is 48.5 Å². The second-order valence-corrected chi connectivity index (χ2v) is 6.48. The molecule has 1 aliphatic carbocycles. The molecule has 1 aromatic carbocycles. The molecular formula is C16H21NO3S. The monoisotopic (exact) mass is 307 g/mol. The highest BCUT2D eigenvalue weighted by Crippen LogP contribution is 2.33. The minimum atomic E-state index is -0.967. The fourth-order valence-corrected chi connectivity index (χ4v) is 4.01. The van der Waals surface area contributed by atoms with Gasteiger partial charge in [0.15, 0.2) is 0 Å². The normalized spacial score (nSPS) is 18.6. The molecule has 2 atom stereocenters. The van der Waals surface area contributed by atoms with Crippen LogP contribution in [0.1, 0.15) is 36.3 Å². The molecule has 0 spiro atoms. The van der Waals surface area contributed by atoms with E-state index in [0.29, 0.717) is 18.7 Å². The summed E-state index contributed by atoms with van der Waals surface area (Å²) in [6, 6.07) is 7.84. The highest BCUT2D eigenvalue weighted by molar-refractivity contribution is 7.99. The van der Waals surface area contributed by atoms with Gasteiger partial charge in [-0.2, -0.15) is 11.8 Å². The molecule has 0 saturated heterocycles. The topological polar surface area (TPSA) is 66.4 Å². The molecule has 2 N–H and O–H groups in total. The summed E-state index contributed by atoms with van der Waals surface area (Å²) in [6.45, 7) is 0. The largest absolute Gasteiger partial charge is 0.480 e. The van der Waals surface area contributed by atoms with Crippen molar-refractivity contribution in [1.29, 1.82) is 0 Å². The Bertz CT molecular complexity index is 492. The number of hydrogen-bond acceptors (Lipinski definition) is 3. The average molecular weight is 307 g/mol. The number of nitrogens with one attached hydrogen (secondary N) is 1. The van der Waals surface area contributed by atoms with E-state index in [1.54, 1.807) is 11.8 Å². The minimum Gasteiger partial charge on any atom is -0.480 e. The highest BCUT2D eigenvalue weighted by Gasteiger charge is 2.20. The number of hydrogen-bond donors (Lipinski definition) is 2. The number of carbonyl (C=O) groups excluding carboxylic acids is 1. The van der Waals surface area contributed by atoms with Gasteiger partial charge in [-0.15, -0.1) is 0 Å². The summed E-state index contributed by atoms with van der Waals surface area (Å²) in [4.78, 5) is 21.3. The van der Waals surface area contributed by atoms with Gasteiger partial charge in [-0.25, -0.2) is 4.79 Å². The van der Waals surface area contributed by atoms with Gasteiger partial charge < -0.3 is 10.4 Å². The van der Waals surface area contributed by atoms with Gasteiger partial charge in [-0.3, -0.25) is 4.79 Å². The second kappa shape index (κ2) is 8.08. The fraction of sp³-hybridized carbons (Fsp3) is 0.500. The predicted molar refractivity (Wildman–Crippen MR) is 84.7 cm³/mol. The van der Waals surface area contributed by atoms with Crippen molar-refractivity contribution in [2.24, 2.45) is 0 Å². The summed E-state index contributed by atoms with van der Waals surface area (Å²) in [7, 11) is 0. The lowest BCUT2D eigenvalue weighted by Gasteiger charge is -2.25. The van der Waals surface area contributed by atoms with E-state index in [1.165, 1.54) is 30.4 Å². The zero-order valence-corrected chi connectivity index (χ0v) is 12.8. The Morgan fingerprint density at radius 1 is 1.48 bits per heavy atom. The summed E-state index contributed by atoms with van der Waals surface area (Å²) < 4.78 is 0. The Balaban J connectivity index is 1.79. The third-order valence-corrected chi connectivity index (χ3v) is 5.09. The Hall–Kier alpha value is -1.49. The Kier molecular flexibility index (Phi) is 6.11. The molecule has 5 heteroatoms. The summed E-state index contributed by atoms with van der Waals surface area (Å²) in [6.07, 6.45) is 4.53. The first-order valence-corrected chi connectivity index (χ1v) is 8.46. The third-order valence-electron chi connectivity index (χ3n) is 3.93. The van der Waals surface area contributed by atoms with E-state index in [4.69, 9.17) is 5.11 Å². The summed E-state index contributed by atoms with van der Waals surface area (Å²) in [5, 5.41) is 11.3. The molecule has 1 aliphatic rings. The average Bonchev–Trinajstić information content (AvgIpc) is 2.50. The molecular weight excluding hydrogens is 286 g/mol. The third kappa shape index (κ3) is 4.49. The van der Waals surface area contributed by atoms with Gasteiger partial charge in [-0.1, -0.05) is 24.3 Å². The molecule has 21 heavy (non-hydrogen) atoms. The van der Waals surface area contributed by atoms with Crippen LogP contribution in [-0.4, -0.2) is 35.0 Å². The Morgan fingerprint density at radius 2 is 2.29 bits per heavy atom. The number of carbonyl (C=O) groups is 2. The van der Waals surface area contributed by atoms with E-state index in [9.17, 15) is 9.59 Å². The van der Waals surface area contributed by atoms with E-state index in [1.807, 2.05) is 0 Å². The lowest BCUT2D eigenvalue weighted by molar-refractivity contribution is -0.140. The van der Waals surface area contributed by atoms with Crippen molar-refractivity contribution in [2.75, 3.05) is 11.5 Å². The van der Waals surface area contributed by atoms with E-state index in [2.05, 4.69) is 29.6 Å². The van der Waals surface area contributed by atoms with Crippen LogP contribution in [0.2, 0.25) is 0 Å². The summed E-state index contributed by atoms with van der Waals surface area (Å²) >= 11 is 1.78. The first kappa shape index (κ1) is 15.9. The van der Waals surface area contributed by atoms with Crippen LogP contribution in [0.5, 0.6) is 0 Å². The van der Waals surface area contributed by atoms with E-state index < -0.39 is 12.0 Å². The van der Waals surface area contributed by atoms with Crippen molar-refractivity contribution in [3.8, 4) is 0 Å². The van der Waals surface area contributed by atoms with Gasteiger partial charge in [0.05, 0.1) is 0 Å². The molecule has 2 rings (SSSR count). The molecule has 0 fully saturated rings. The highest BCUT2D eigenvalue weighted by atomic mass is 32.2. The molecule has 1 aromatic rings. The second-order valence-electron chi connectivity index (χ2n) is 5.33. The standard InChI is InChI=1S/C16H21NO3S/c18-11-17-15(16(19)20)8-9-21-10-13-6-3-5-12-4-1-2-7-14(12)13/h1-2,4,7,11,13,15H,3,5-6,8-10H2,(H,17,18)(H,19,20). The van der Waals surface area contributed by atoms with Crippen LogP contribution in [0.25, 0.3) is 0 Å². The fourth-order valence-electron chi connectivity index (χ4n) is 2.81. The number of thioether (sulfide) groups is 1. The molecule has 0 radical (unpaired) electrons. The first-order chi connectivity index (χ1) is 10.2. The zero-order valence-electron chi connectivity index (χ0n) is 12.0. The molecule has 4 nitrogen and oxygen atoms in total. The van der Waals surface area contributed by atoms with Gasteiger partial charge in [0.1, 0.15) is 6.04 Å². The van der Waals surface area contributed by atoms with E-state index >= 15 is 0 Å². The van der Waals surface area contributed by atoms with Crippen LogP contribution in [-0.2, 0) is 16.0 Å². The van der Waals surface area contributed by atoms with Gasteiger partial charge in [0.2, 0.25) is 6.41 Å². The molecule has 0 aliphatic heterocycles.